The third-order valence-corrected chi connectivity index (χ3v) is 2.72. The molecule has 0 radical (unpaired) electrons. The molecule has 0 heterocycles. The van der Waals surface area contributed by atoms with Gasteiger partial charge in [0.2, 0.25) is 0 Å². The van der Waals surface area contributed by atoms with E-state index in [2.05, 4.69) is 25.1 Å². The predicted octanol–water partition coefficient (Wildman–Crippen LogP) is 3.79. The van der Waals surface area contributed by atoms with Crippen LogP contribution in [0.25, 0.3) is 11.1 Å². The molecule has 2 aliphatic carbocycles. The van der Waals surface area contributed by atoms with E-state index in [9.17, 15) is 0 Å². The Hall–Kier alpha value is -0.780. The quantitative estimate of drug-likeness (QED) is 0.584. The van der Waals surface area contributed by atoms with Gasteiger partial charge >= 0.3 is 0 Å². The Kier molecular flexibility index (Phi) is 2.16. The lowest BCUT2D eigenvalue weighted by atomic mass is 9.84. The zero-order chi connectivity index (χ0) is 8.39. The largest absolute Gasteiger partial charge is 0.0654 e. The van der Waals surface area contributed by atoms with Crippen molar-refractivity contribution in [2.45, 2.75) is 39.0 Å². The summed E-state index contributed by atoms with van der Waals surface area (Å²) in [6.07, 6.45) is 6.83. The SMILES string of the molecule is CCCCCCc1cc2ccc1-2. The Balaban J connectivity index is 1.70. The Morgan fingerprint density at radius 2 is 2.00 bits per heavy atom. The normalized spacial score (nSPS) is 11.8. The molecule has 0 aromatic carbocycles. The molecule has 2 rings (SSSR count). The average molecular weight is 160 g/mol. The number of rotatable bonds is 5. The van der Waals surface area contributed by atoms with Crippen molar-refractivity contribution in [1.29, 1.82) is 0 Å². The van der Waals surface area contributed by atoms with Crippen LogP contribution in [0.5, 0.6) is 0 Å². The highest BCUT2D eigenvalue weighted by Crippen LogP contribution is 2.37. The van der Waals surface area contributed by atoms with Crippen molar-refractivity contribution in [3.8, 4) is 11.1 Å². The van der Waals surface area contributed by atoms with Crippen LogP contribution in [0.1, 0.15) is 38.2 Å². The molecule has 0 saturated carbocycles. The molecule has 0 amide bonds. The maximum Gasteiger partial charge on any atom is -0.0151 e. The van der Waals surface area contributed by atoms with Gasteiger partial charge in [0.25, 0.3) is 0 Å². The fraction of sp³-hybridized carbons (Fsp3) is 0.500. The molecule has 0 spiro atoms. The maximum absolute atomic E-state index is 2.33. The molecule has 0 atom stereocenters. The monoisotopic (exact) mass is 160 g/mol. The zero-order valence-corrected chi connectivity index (χ0v) is 7.77. The molecular formula is C12H16. The summed E-state index contributed by atoms with van der Waals surface area (Å²) < 4.78 is 0. The van der Waals surface area contributed by atoms with Crippen LogP contribution in [0, 0.1) is 0 Å². The molecule has 2 aliphatic rings. The van der Waals surface area contributed by atoms with E-state index in [-0.39, 0.29) is 0 Å². The van der Waals surface area contributed by atoms with Gasteiger partial charge in [0.15, 0.2) is 0 Å². The number of hydrogen-bond donors (Lipinski definition) is 0. The number of fused-ring (bicyclic) bond motifs is 1. The summed E-state index contributed by atoms with van der Waals surface area (Å²) in [5.74, 6) is 0. The van der Waals surface area contributed by atoms with Gasteiger partial charge < -0.3 is 0 Å². The lowest BCUT2D eigenvalue weighted by molar-refractivity contribution is 0.666. The Labute approximate surface area is 74.6 Å². The van der Waals surface area contributed by atoms with Gasteiger partial charge in [-0.1, -0.05) is 44.4 Å². The van der Waals surface area contributed by atoms with Gasteiger partial charge in [0.1, 0.15) is 0 Å². The van der Waals surface area contributed by atoms with Crippen molar-refractivity contribution in [2.75, 3.05) is 0 Å². The summed E-state index contributed by atoms with van der Waals surface area (Å²) in [7, 11) is 0. The minimum atomic E-state index is 1.31. The van der Waals surface area contributed by atoms with Crippen molar-refractivity contribution in [1.82, 2.24) is 0 Å². The van der Waals surface area contributed by atoms with Crippen molar-refractivity contribution in [3.05, 3.63) is 23.8 Å². The minimum Gasteiger partial charge on any atom is -0.0654 e. The summed E-state index contributed by atoms with van der Waals surface area (Å²) in [5.41, 5.74) is 4.63. The Bertz CT molecular complexity index is 273. The van der Waals surface area contributed by atoms with Crippen molar-refractivity contribution in [2.24, 2.45) is 0 Å². The highest BCUT2D eigenvalue weighted by molar-refractivity contribution is 5.80. The first-order valence-corrected chi connectivity index (χ1v) is 5.05. The third kappa shape index (κ3) is 1.26. The van der Waals surface area contributed by atoms with E-state index in [1.54, 1.807) is 11.1 Å². The van der Waals surface area contributed by atoms with Crippen LogP contribution in [-0.4, -0.2) is 0 Å². The van der Waals surface area contributed by atoms with Crippen LogP contribution < -0.4 is 0 Å². The van der Waals surface area contributed by atoms with E-state index in [0.717, 1.165) is 0 Å². The van der Waals surface area contributed by atoms with Crippen molar-refractivity contribution in [3.63, 3.8) is 0 Å². The molecule has 0 nitrogen and oxygen atoms in total. The summed E-state index contributed by atoms with van der Waals surface area (Å²) >= 11 is 0. The van der Waals surface area contributed by atoms with Gasteiger partial charge in [-0.15, -0.1) is 0 Å². The van der Waals surface area contributed by atoms with Gasteiger partial charge in [-0.2, -0.15) is 0 Å². The van der Waals surface area contributed by atoms with Crippen LogP contribution in [0.2, 0.25) is 0 Å². The van der Waals surface area contributed by atoms with Crippen LogP contribution in [-0.2, 0) is 6.42 Å². The maximum atomic E-state index is 2.33. The molecule has 0 N–H and O–H groups in total. The molecule has 0 unspecified atom stereocenters. The standard InChI is InChI=1S/C12H16/c1-2-3-4-5-6-10-9-11-7-8-12(10)11/h7-9H,2-6H2,1H3. The van der Waals surface area contributed by atoms with E-state index < -0.39 is 0 Å². The lowest BCUT2D eigenvalue weighted by Crippen LogP contribution is -2.00. The van der Waals surface area contributed by atoms with Gasteiger partial charge in [-0.3, -0.25) is 0 Å². The van der Waals surface area contributed by atoms with E-state index >= 15 is 0 Å². The highest BCUT2D eigenvalue weighted by atomic mass is 14.2. The first-order valence-electron chi connectivity index (χ1n) is 5.05. The van der Waals surface area contributed by atoms with Crippen molar-refractivity contribution < 1.29 is 0 Å². The second kappa shape index (κ2) is 3.30. The third-order valence-electron chi connectivity index (χ3n) is 2.72. The molecule has 12 heavy (non-hydrogen) atoms. The molecule has 0 bridgehead atoms. The van der Waals surface area contributed by atoms with E-state index in [1.165, 1.54) is 37.7 Å². The van der Waals surface area contributed by atoms with Crippen LogP contribution in [0.4, 0.5) is 0 Å². The second-order valence-electron chi connectivity index (χ2n) is 3.68. The molecule has 0 aromatic heterocycles. The first-order chi connectivity index (χ1) is 5.92. The molecule has 0 saturated heterocycles. The molecular weight excluding hydrogens is 144 g/mol. The van der Waals surface area contributed by atoms with Gasteiger partial charge in [0.05, 0.1) is 0 Å². The smallest absolute Gasteiger partial charge is 0.0151 e. The average Bonchev–Trinajstić information content (AvgIpc) is 2.06. The van der Waals surface area contributed by atoms with Crippen LogP contribution in [0.15, 0.2) is 18.2 Å². The highest BCUT2D eigenvalue weighted by Gasteiger charge is 2.14. The van der Waals surface area contributed by atoms with E-state index in [4.69, 9.17) is 0 Å². The van der Waals surface area contributed by atoms with E-state index in [1.807, 2.05) is 0 Å². The Morgan fingerprint density at radius 3 is 2.50 bits per heavy atom. The number of unbranched alkanes of at least 4 members (excludes halogenated alkanes) is 3. The fourth-order valence-corrected chi connectivity index (χ4v) is 1.82. The van der Waals surface area contributed by atoms with Crippen molar-refractivity contribution >= 4 is 0 Å². The van der Waals surface area contributed by atoms with Crippen LogP contribution in [0.3, 0.4) is 0 Å². The molecule has 0 fully saturated rings. The number of aryl methyl sites for hydroxylation is 1. The minimum absolute atomic E-state index is 1.31. The molecule has 0 heteroatoms. The summed E-state index contributed by atoms with van der Waals surface area (Å²) in [4.78, 5) is 0. The van der Waals surface area contributed by atoms with Gasteiger partial charge in [-0.25, -0.2) is 0 Å². The molecule has 0 aliphatic heterocycles. The van der Waals surface area contributed by atoms with Crippen LogP contribution >= 0.6 is 0 Å². The molecule has 0 aromatic rings. The summed E-state index contributed by atoms with van der Waals surface area (Å²) in [6.45, 7) is 2.26. The topological polar surface area (TPSA) is 0 Å². The predicted molar refractivity (Wildman–Crippen MR) is 53.3 cm³/mol. The summed E-state index contributed by atoms with van der Waals surface area (Å²) in [6, 6.07) is 6.77. The fourth-order valence-electron chi connectivity index (χ4n) is 1.82. The molecule has 64 valence electrons. The zero-order valence-electron chi connectivity index (χ0n) is 7.77. The number of benzene rings is 1. The van der Waals surface area contributed by atoms with E-state index in [0.29, 0.717) is 0 Å². The second-order valence-corrected chi connectivity index (χ2v) is 3.68. The lowest BCUT2D eigenvalue weighted by Gasteiger charge is -2.20. The first kappa shape index (κ1) is 7.85. The number of hydrogen-bond acceptors (Lipinski definition) is 0. The van der Waals surface area contributed by atoms with Gasteiger partial charge in [-0.05, 0) is 29.5 Å². The van der Waals surface area contributed by atoms with Gasteiger partial charge in [0, 0.05) is 0 Å². The Morgan fingerprint density at radius 1 is 1.08 bits per heavy atom. The summed E-state index contributed by atoms with van der Waals surface area (Å²) in [5, 5.41) is 0.